The summed E-state index contributed by atoms with van der Waals surface area (Å²) >= 11 is 1.45. The molecule has 1 aromatic rings. The van der Waals surface area contributed by atoms with Crippen LogP contribution in [0.4, 0.5) is 0 Å². The van der Waals surface area contributed by atoms with Gasteiger partial charge in [0.15, 0.2) is 0 Å². The van der Waals surface area contributed by atoms with Gasteiger partial charge in [0, 0.05) is 11.6 Å². The summed E-state index contributed by atoms with van der Waals surface area (Å²) in [5.41, 5.74) is 0. The van der Waals surface area contributed by atoms with Gasteiger partial charge in [0.05, 0.1) is 0 Å². The Hall–Kier alpha value is -0.830. The van der Waals surface area contributed by atoms with E-state index < -0.39 is 0 Å². The van der Waals surface area contributed by atoms with Gasteiger partial charge in [-0.15, -0.1) is 0 Å². The van der Waals surface area contributed by atoms with Gasteiger partial charge in [0.2, 0.25) is 0 Å². The fourth-order valence-electron chi connectivity index (χ4n) is 0.333. The molecular weight excluding hydrogens is 120 g/mol. The summed E-state index contributed by atoms with van der Waals surface area (Å²) in [4.78, 5) is 0. The van der Waals surface area contributed by atoms with E-state index in [-0.39, 0.29) is 0 Å². The molecule has 1 N–H and O–H groups in total. The predicted octanol–water partition coefficient (Wildman–Crippen LogP) is 1.60. The minimum atomic E-state index is 1.45. The van der Waals surface area contributed by atoms with Crippen molar-refractivity contribution < 1.29 is 0 Å². The van der Waals surface area contributed by atoms with Gasteiger partial charge in [-0.1, -0.05) is 23.7 Å². The highest BCUT2D eigenvalue weighted by Crippen LogP contribution is 1.80. The maximum absolute atomic E-state index is 3.78. The Balaban J connectivity index is 3.00. The van der Waals surface area contributed by atoms with E-state index in [1.165, 1.54) is 11.5 Å². The third-order valence-electron chi connectivity index (χ3n) is 0.635. The van der Waals surface area contributed by atoms with Gasteiger partial charge < -0.3 is 0 Å². The summed E-state index contributed by atoms with van der Waals surface area (Å²) in [5.74, 6) is 0. The number of rotatable bonds is 0. The lowest BCUT2D eigenvalue weighted by Crippen LogP contribution is -1.63. The molecule has 1 aromatic heterocycles. The van der Waals surface area contributed by atoms with Crippen LogP contribution in [-0.2, 0) is 0 Å². The molecule has 0 spiro atoms. The molecule has 0 fully saturated rings. The molecule has 1 heterocycles. The first-order chi connectivity index (χ1) is 4.00. The Kier molecular flexibility index (Phi) is 2.13. The molecule has 0 aromatic carbocycles. The second kappa shape index (κ2) is 3.21. The third kappa shape index (κ3) is 1.75. The molecule has 0 atom stereocenters. The Labute approximate surface area is 51.7 Å². The van der Waals surface area contributed by atoms with Crippen LogP contribution in [0.15, 0.2) is 29.8 Å². The Bertz CT molecular complexity index is 115. The number of aromatic nitrogens is 2. The highest BCUT2D eigenvalue weighted by Gasteiger charge is 1.58. The number of H-pyrrole nitrogens is 1. The highest BCUT2D eigenvalue weighted by molar-refractivity contribution is 7.03. The molecule has 0 aliphatic rings. The minimum Gasteiger partial charge on any atom is -0.232 e. The van der Waals surface area contributed by atoms with Crippen molar-refractivity contribution in [1.82, 2.24) is 9.59 Å². The normalized spacial score (nSPS) is 8.00. The largest absolute Gasteiger partial charge is 0.232 e. The quantitative estimate of drug-likeness (QED) is 0.562. The lowest BCUT2D eigenvalue weighted by Gasteiger charge is -1.71. The molecule has 3 heteroatoms. The minimum absolute atomic E-state index is 1.45. The standard InChI is InChI=1S/C5H6N2S/c1-2-4-6-7-8-5-3-1/h1-5,7H. The number of nitrogens with one attached hydrogen (secondary N) is 1. The van der Waals surface area contributed by atoms with Crippen molar-refractivity contribution in [1.29, 1.82) is 0 Å². The van der Waals surface area contributed by atoms with E-state index in [0.717, 1.165) is 0 Å². The zero-order chi connectivity index (χ0) is 5.66. The summed E-state index contributed by atoms with van der Waals surface area (Å²) < 4.78 is 2.74. The third-order valence-corrected chi connectivity index (χ3v) is 1.14. The van der Waals surface area contributed by atoms with Crippen LogP contribution in [0.1, 0.15) is 0 Å². The Morgan fingerprint density at radius 3 is 3.25 bits per heavy atom. The van der Waals surface area contributed by atoms with Gasteiger partial charge in [0.25, 0.3) is 0 Å². The van der Waals surface area contributed by atoms with Crippen molar-refractivity contribution in [3.05, 3.63) is 29.8 Å². The van der Waals surface area contributed by atoms with E-state index in [9.17, 15) is 0 Å². The summed E-state index contributed by atoms with van der Waals surface area (Å²) in [5, 5.41) is 5.70. The number of hydrogen-bond acceptors (Lipinski definition) is 2. The van der Waals surface area contributed by atoms with Crippen LogP contribution in [0.25, 0.3) is 0 Å². The summed E-state index contributed by atoms with van der Waals surface area (Å²) in [6.07, 6.45) is 1.70. The zero-order valence-corrected chi connectivity index (χ0v) is 5.06. The molecule has 0 saturated heterocycles. The molecule has 2 nitrogen and oxygen atoms in total. The lowest BCUT2D eigenvalue weighted by atomic mass is 10.6. The van der Waals surface area contributed by atoms with Gasteiger partial charge in [-0.05, 0) is 6.07 Å². The van der Waals surface area contributed by atoms with E-state index in [4.69, 9.17) is 0 Å². The van der Waals surface area contributed by atoms with Crippen LogP contribution >= 0.6 is 11.5 Å². The van der Waals surface area contributed by atoms with Crippen molar-refractivity contribution in [2.45, 2.75) is 0 Å². The van der Waals surface area contributed by atoms with Crippen LogP contribution in [0.3, 0.4) is 0 Å². The number of nitrogens with zero attached hydrogens (tertiary/aromatic N) is 1. The van der Waals surface area contributed by atoms with Crippen molar-refractivity contribution in [3.8, 4) is 0 Å². The smallest absolute Gasteiger partial charge is 0.0481 e. The van der Waals surface area contributed by atoms with Crippen LogP contribution in [0.5, 0.6) is 0 Å². The molecular formula is C5H6N2S. The fraction of sp³-hybridized carbons (Fsp3) is 0. The van der Waals surface area contributed by atoms with Gasteiger partial charge in [-0.2, -0.15) is 5.10 Å². The van der Waals surface area contributed by atoms with Crippen molar-refractivity contribution in [3.63, 3.8) is 0 Å². The maximum Gasteiger partial charge on any atom is 0.0481 e. The molecule has 0 bridgehead atoms. The van der Waals surface area contributed by atoms with Crippen LogP contribution in [-0.4, -0.2) is 9.59 Å². The SMILES string of the molecule is c1ccn[nH]scc1. The van der Waals surface area contributed by atoms with Crippen LogP contribution < -0.4 is 0 Å². The second-order valence-electron chi connectivity index (χ2n) is 1.20. The van der Waals surface area contributed by atoms with Gasteiger partial charge in [-0.3, -0.25) is 0 Å². The maximum atomic E-state index is 3.78. The first-order valence-electron chi connectivity index (χ1n) is 2.25. The fourth-order valence-corrected chi connectivity index (χ4v) is 0.685. The Morgan fingerprint density at radius 2 is 2.25 bits per heavy atom. The molecule has 0 aliphatic carbocycles. The topological polar surface area (TPSA) is 28.7 Å². The first-order valence-corrected chi connectivity index (χ1v) is 3.13. The van der Waals surface area contributed by atoms with E-state index in [1.54, 1.807) is 6.20 Å². The number of hydrogen-bond donors (Lipinski definition) is 1. The average molecular weight is 126 g/mol. The molecule has 1 rings (SSSR count). The van der Waals surface area contributed by atoms with Gasteiger partial charge in [-0.25, -0.2) is 4.49 Å². The molecule has 0 aliphatic heterocycles. The van der Waals surface area contributed by atoms with E-state index >= 15 is 0 Å². The Morgan fingerprint density at radius 1 is 1.25 bits per heavy atom. The zero-order valence-electron chi connectivity index (χ0n) is 4.24. The lowest BCUT2D eigenvalue weighted by molar-refractivity contribution is 1.13. The van der Waals surface area contributed by atoms with Crippen molar-refractivity contribution >= 4 is 11.5 Å². The van der Waals surface area contributed by atoms with E-state index in [1.807, 2.05) is 23.6 Å². The van der Waals surface area contributed by atoms with Crippen molar-refractivity contribution in [2.24, 2.45) is 0 Å². The molecule has 0 radical (unpaired) electrons. The molecule has 42 valence electrons. The predicted molar refractivity (Wildman–Crippen MR) is 34.1 cm³/mol. The van der Waals surface area contributed by atoms with E-state index in [2.05, 4.69) is 9.59 Å². The average Bonchev–Trinajstić information content (AvgIpc) is 1.62. The second-order valence-corrected chi connectivity index (χ2v) is 1.89. The van der Waals surface area contributed by atoms with Crippen LogP contribution in [0, 0.1) is 0 Å². The first kappa shape index (κ1) is 5.31. The summed E-state index contributed by atoms with van der Waals surface area (Å²) in [6, 6.07) is 5.74. The van der Waals surface area contributed by atoms with Crippen LogP contribution in [0.2, 0.25) is 0 Å². The van der Waals surface area contributed by atoms with Gasteiger partial charge >= 0.3 is 0 Å². The summed E-state index contributed by atoms with van der Waals surface area (Å²) in [7, 11) is 0. The molecule has 0 unspecified atom stereocenters. The highest BCUT2D eigenvalue weighted by atomic mass is 32.1. The molecule has 0 amide bonds. The monoisotopic (exact) mass is 126 g/mol. The molecule has 8 heavy (non-hydrogen) atoms. The molecule has 0 saturated carbocycles. The van der Waals surface area contributed by atoms with Crippen molar-refractivity contribution in [2.75, 3.05) is 0 Å². The van der Waals surface area contributed by atoms with E-state index in [0.29, 0.717) is 0 Å². The van der Waals surface area contributed by atoms with Gasteiger partial charge in [0.1, 0.15) is 0 Å². The number of aromatic amines is 1. The summed E-state index contributed by atoms with van der Waals surface area (Å²) in [6.45, 7) is 0.